The van der Waals surface area contributed by atoms with E-state index in [1.54, 1.807) is 6.92 Å². The Balaban J connectivity index is 2.19. The zero-order chi connectivity index (χ0) is 7.56. The van der Waals surface area contributed by atoms with E-state index in [-0.39, 0.29) is 24.7 Å². The topological polar surface area (TPSA) is 68.5 Å². The second-order valence-electron chi connectivity index (χ2n) is 2.19. The first-order valence-corrected chi connectivity index (χ1v) is 3.33. The van der Waals surface area contributed by atoms with Gasteiger partial charge >= 0.3 is 5.97 Å². The highest BCUT2D eigenvalue weighted by Gasteiger charge is 2.42. The summed E-state index contributed by atoms with van der Waals surface area (Å²) in [5.41, 5.74) is 0. The Labute approximate surface area is 59.2 Å². The minimum absolute atomic E-state index is 0.00345. The second-order valence-corrected chi connectivity index (χ2v) is 2.19. The van der Waals surface area contributed by atoms with Gasteiger partial charge in [-0.1, -0.05) is 0 Å². The molecule has 0 aromatic carbocycles. The zero-order valence-corrected chi connectivity index (χ0v) is 5.83. The number of carbonyl (C=O) groups is 1. The SMILES string of the molecule is CCOC(=O)C1NC1CO. The number of carbonyl (C=O) groups excluding carboxylic acids is 1. The molecule has 1 fully saturated rings. The van der Waals surface area contributed by atoms with Crippen LogP contribution >= 0.6 is 0 Å². The third-order valence-electron chi connectivity index (χ3n) is 1.42. The van der Waals surface area contributed by atoms with Crippen molar-refractivity contribution in [2.75, 3.05) is 13.2 Å². The first-order valence-electron chi connectivity index (χ1n) is 3.33. The molecule has 10 heavy (non-hydrogen) atoms. The van der Waals surface area contributed by atoms with Gasteiger partial charge in [0, 0.05) is 0 Å². The van der Waals surface area contributed by atoms with Gasteiger partial charge in [0.25, 0.3) is 0 Å². The molecule has 2 N–H and O–H groups in total. The van der Waals surface area contributed by atoms with Gasteiger partial charge in [0.15, 0.2) is 0 Å². The third kappa shape index (κ3) is 1.46. The first kappa shape index (κ1) is 7.50. The molecule has 1 heterocycles. The van der Waals surface area contributed by atoms with Gasteiger partial charge in [-0.2, -0.15) is 0 Å². The van der Waals surface area contributed by atoms with Gasteiger partial charge in [-0.25, -0.2) is 0 Å². The Morgan fingerprint density at radius 1 is 1.80 bits per heavy atom. The molecule has 0 radical (unpaired) electrons. The van der Waals surface area contributed by atoms with Crippen LogP contribution in [0.15, 0.2) is 0 Å². The molecule has 0 bridgehead atoms. The minimum Gasteiger partial charge on any atom is -0.465 e. The van der Waals surface area contributed by atoms with Gasteiger partial charge in [0.05, 0.1) is 19.3 Å². The minimum atomic E-state index is -0.262. The number of aliphatic hydroxyl groups excluding tert-OH is 1. The molecule has 2 unspecified atom stereocenters. The van der Waals surface area contributed by atoms with E-state index < -0.39 is 0 Å². The van der Waals surface area contributed by atoms with Crippen LogP contribution in [0.25, 0.3) is 0 Å². The zero-order valence-electron chi connectivity index (χ0n) is 5.83. The van der Waals surface area contributed by atoms with Crippen molar-refractivity contribution in [1.82, 2.24) is 5.32 Å². The highest BCUT2D eigenvalue weighted by molar-refractivity contribution is 5.80. The van der Waals surface area contributed by atoms with Crippen molar-refractivity contribution in [3.05, 3.63) is 0 Å². The third-order valence-corrected chi connectivity index (χ3v) is 1.42. The highest BCUT2D eigenvalue weighted by Crippen LogP contribution is 2.10. The maximum atomic E-state index is 10.8. The Kier molecular flexibility index (Phi) is 2.24. The lowest BCUT2D eigenvalue weighted by atomic mass is 10.3. The lowest BCUT2D eigenvalue weighted by Gasteiger charge is -1.96. The Bertz CT molecular complexity index is 137. The molecule has 0 saturated carbocycles. The molecule has 2 atom stereocenters. The molecule has 1 saturated heterocycles. The van der Waals surface area contributed by atoms with Gasteiger partial charge in [-0.15, -0.1) is 0 Å². The molecular weight excluding hydrogens is 134 g/mol. The molecule has 1 aliphatic heterocycles. The summed E-state index contributed by atoms with van der Waals surface area (Å²) < 4.78 is 4.69. The average Bonchev–Trinajstić information content (AvgIpc) is 2.66. The van der Waals surface area contributed by atoms with Crippen LogP contribution < -0.4 is 5.32 Å². The fourth-order valence-corrected chi connectivity index (χ4v) is 0.798. The summed E-state index contributed by atoms with van der Waals surface area (Å²) in [5.74, 6) is -0.262. The summed E-state index contributed by atoms with van der Waals surface area (Å²) in [6, 6.07) is -0.330. The smallest absolute Gasteiger partial charge is 0.324 e. The van der Waals surface area contributed by atoms with E-state index in [0.717, 1.165) is 0 Å². The molecule has 0 aromatic heterocycles. The Hall–Kier alpha value is -0.610. The van der Waals surface area contributed by atoms with Gasteiger partial charge in [-0.05, 0) is 6.92 Å². The van der Waals surface area contributed by atoms with E-state index in [1.807, 2.05) is 0 Å². The van der Waals surface area contributed by atoms with Gasteiger partial charge < -0.3 is 9.84 Å². The normalized spacial score (nSPS) is 29.8. The summed E-state index contributed by atoms with van der Waals surface area (Å²) in [6.45, 7) is 2.16. The van der Waals surface area contributed by atoms with Gasteiger partial charge in [0.1, 0.15) is 6.04 Å². The highest BCUT2D eigenvalue weighted by atomic mass is 16.5. The summed E-state index contributed by atoms with van der Waals surface area (Å²) in [5, 5.41) is 11.3. The fraction of sp³-hybridized carbons (Fsp3) is 0.833. The fourth-order valence-electron chi connectivity index (χ4n) is 0.798. The summed E-state index contributed by atoms with van der Waals surface area (Å²) in [6.07, 6.45) is 0. The monoisotopic (exact) mass is 145 g/mol. The van der Waals surface area contributed by atoms with E-state index in [0.29, 0.717) is 6.61 Å². The van der Waals surface area contributed by atoms with Crippen molar-refractivity contribution in [3.63, 3.8) is 0 Å². The van der Waals surface area contributed by atoms with E-state index in [1.165, 1.54) is 0 Å². The van der Waals surface area contributed by atoms with Crippen molar-refractivity contribution in [2.45, 2.75) is 19.0 Å². The molecule has 0 aromatic rings. The number of rotatable bonds is 3. The molecule has 0 aliphatic carbocycles. The number of esters is 1. The molecule has 4 heteroatoms. The van der Waals surface area contributed by atoms with E-state index in [4.69, 9.17) is 5.11 Å². The lowest BCUT2D eigenvalue weighted by Crippen LogP contribution is -2.15. The van der Waals surface area contributed by atoms with Crippen molar-refractivity contribution >= 4 is 5.97 Å². The summed E-state index contributed by atoms with van der Waals surface area (Å²) in [7, 11) is 0. The number of hydrogen-bond donors (Lipinski definition) is 2. The average molecular weight is 145 g/mol. The molecule has 0 spiro atoms. The van der Waals surface area contributed by atoms with E-state index in [9.17, 15) is 4.79 Å². The van der Waals surface area contributed by atoms with E-state index in [2.05, 4.69) is 10.1 Å². The Morgan fingerprint density at radius 3 is 2.90 bits per heavy atom. The molecular formula is C6H11NO3. The second kappa shape index (κ2) is 2.98. The maximum Gasteiger partial charge on any atom is 0.324 e. The van der Waals surface area contributed by atoms with Crippen LogP contribution in [0.5, 0.6) is 0 Å². The van der Waals surface area contributed by atoms with Crippen LogP contribution in [0.1, 0.15) is 6.92 Å². The van der Waals surface area contributed by atoms with Crippen LogP contribution in [-0.4, -0.2) is 36.4 Å². The molecule has 0 amide bonds. The van der Waals surface area contributed by atoms with Crippen LogP contribution in [0.3, 0.4) is 0 Å². The summed E-state index contributed by atoms with van der Waals surface area (Å²) >= 11 is 0. The van der Waals surface area contributed by atoms with Gasteiger partial charge in [0.2, 0.25) is 0 Å². The van der Waals surface area contributed by atoms with Crippen molar-refractivity contribution < 1.29 is 14.6 Å². The maximum absolute atomic E-state index is 10.8. The van der Waals surface area contributed by atoms with Crippen LogP contribution in [0.4, 0.5) is 0 Å². The number of nitrogens with one attached hydrogen (secondary N) is 1. The number of aliphatic hydroxyl groups is 1. The quantitative estimate of drug-likeness (QED) is 0.390. The van der Waals surface area contributed by atoms with Crippen LogP contribution in [0.2, 0.25) is 0 Å². The number of ether oxygens (including phenoxy) is 1. The van der Waals surface area contributed by atoms with Crippen LogP contribution in [-0.2, 0) is 9.53 Å². The molecule has 1 aliphatic rings. The predicted octanol–water partition coefficient (Wildman–Crippen LogP) is -1.12. The lowest BCUT2D eigenvalue weighted by molar-refractivity contribution is -0.142. The van der Waals surface area contributed by atoms with Gasteiger partial charge in [-0.3, -0.25) is 10.1 Å². The Morgan fingerprint density at radius 2 is 2.50 bits per heavy atom. The standard InChI is InChI=1S/C6H11NO3/c1-2-10-6(9)5-4(3-8)7-5/h4-5,7-8H,2-3H2,1H3. The number of hydrogen-bond acceptors (Lipinski definition) is 4. The van der Waals surface area contributed by atoms with Crippen molar-refractivity contribution in [3.8, 4) is 0 Å². The first-order chi connectivity index (χ1) is 4.79. The van der Waals surface area contributed by atoms with Crippen molar-refractivity contribution in [2.24, 2.45) is 0 Å². The molecule has 1 rings (SSSR count). The predicted molar refractivity (Wildman–Crippen MR) is 34.4 cm³/mol. The van der Waals surface area contributed by atoms with E-state index >= 15 is 0 Å². The largest absolute Gasteiger partial charge is 0.465 e. The summed E-state index contributed by atoms with van der Waals surface area (Å²) in [4.78, 5) is 10.8. The van der Waals surface area contributed by atoms with Crippen molar-refractivity contribution in [1.29, 1.82) is 0 Å². The molecule has 4 nitrogen and oxygen atoms in total. The molecule has 58 valence electrons. The van der Waals surface area contributed by atoms with Crippen LogP contribution in [0, 0.1) is 0 Å².